The second-order valence-corrected chi connectivity index (χ2v) is 4.84. The van der Waals surface area contributed by atoms with E-state index in [9.17, 15) is 24.7 Å². The molecule has 0 saturated carbocycles. The van der Waals surface area contributed by atoms with Gasteiger partial charge in [-0.1, -0.05) is 12.0 Å². The third-order valence-corrected chi connectivity index (χ3v) is 2.57. The third-order valence-electron chi connectivity index (χ3n) is 2.11. The maximum atomic E-state index is 11.2. The highest BCUT2D eigenvalue weighted by Gasteiger charge is 2.33. The van der Waals surface area contributed by atoms with Crippen molar-refractivity contribution in [3.8, 4) is 0 Å². The van der Waals surface area contributed by atoms with Crippen LogP contribution in [-0.2, 0) is 13.9 Å². The summed E-state index contributed by atoms with van der Waals surface area (Å²) in [4.78, 5) is 30.3. The number of phosphoric ester groups is 1. The highest BCUT2D eigenvalue weighted by atomic mass is 31.2. The van der Waals surface area contributed by atoms with Crippen LogP contribution in [0, 0.1) is 0 Å². The molecule has 0 aromatic rings. The first-order chi connectivity index (χ1) is 8.60. The first kappa shape index (κ1) is 18.0. The molecule has 0 heterocycles. The molecule has 0 unspecified atom stereocenters. The van der Waals surface area contributed by atoms with Gasteiger partial charge in [0.25, 0.3) is 0 Å². The minimum absolute atomic E-state index is 1.12. The van der Waals surface area contributed by atoms with E-state index in [1.807, 2.05) is 0 Å². The predicted molar refractivity (Wildman–Crippen MR) is 59.6 cm³/mol. The van der Waals surface area contributed by atoms with Crippen molar-refractivity contribution in [2.24, 2.45) is 5.11 Å². The van der Waals surface area contributed by atoms with Crippen molar-refractivity contribution in [2.45, 2.75) is 31.3 Å². The summed E-state index contributed by atoms with van der Waals surface area (Å²) >= 11 is 0. The third kappa shape index (κ3) is 6.62. The lowest BCUT2D eigenvalue weighted by Crippen LogP contribution is -2.47. The summed E-state index contributed by atoms with van der Waals surface area (Å²) in [6, 6.07) is -1.12. The summed E-state index contributed by atoms with van der Waals surface area (Å²) in [5.74, 6) is -1.25. The number of rotatable bonds is 8. The van der Waals surface area contributed by atoms with Crippen LogP contribution in [0.3, 0.4) is 0 Å². The molecular formula is C7H14N3O8P. The van der Waals surface area contributed by atoms with Crippen LogP contribution in [0.4, 0.5) is 0 Å². The number of carbonyl (C=O) groups excluding carboxylic acids is 1. The Hall–Kier alpha value is -1.03. The number of ketones is 1. The van der Waals surface area contributed by atoms with Crippen molar-refractivity contribution in [3.63, 3.8) is 0 Å². The molecule has 19 heavy (non-hydrogen) atoms. The second kappa shape index (κ2) is 7.53. The molecule has 0 rings (SSSR count). The monoisotopic (exact) mass is 299 g/mol. The van der Waals surface area contributed by atoms with Crippen molar-refractivity contribution in [1.82, 2.24) is 0 Å². The van der Waals surface area contributed by atoms with Crippen LogP contribution in [-0.4, -0.2) is 61.9 Å². The van der Waals surface area contributed by atoms with Crippen LogP contribution in [0.15, 0.2) is 5.11 Å². The Morgan fingerprint density at radius 3 is 2.32 bits per heavy atom. The summed E-state index contributed by atoms with van der Waals surface area (Å²) in [5, 5.41) is 31.3. The fraction of sp³-hybridized carbons (Fsp3) is 0.857. The molecule has 0 aliphatic rings. The summed E-state index contributed by atoms with van der Waals surface area (Å²) in [6.07, 6.45) is -5.86. The maximum Gasteiger partial charge on any atom is 0.470 e. The Morgan fingerprint density at radius 1 is 1.37 bits per heavy atom. The van der Waals surface area contributed by atoms with Gasteiger partial charge in [0, 0.05) is 4.91 Å². The highest BCUT2D eigenvalue weighted by molar-refractivity contribution is 7.46. The highest BCUT2D eigenvalue weighted by Crippen LogP contribution is 2.35. The molecule has 0 aliphatic carbocycles. The minimum Gasteiger partial charge on any atom is -0.390 e. The zero-order valence-electron chi connectivity index (χ0n) is 9.77. The second-order valence-electron chi connectivity index (χ2n) is 3.60. The molecule has 0 aliphatic heterocycles. The fourth-order valence-corrected chi connectivity index (χ4v) is 1.34. The van der Waals surface area contributed by atoms with Gasteiger partial charge >= 0.3 is 7.82 Å². The van der Waals surface area contributed by atoms with Crippen LogP contribution < -0.4 is 0 Å². The SMILES string of the molecule is C[C@@H](N=[N+]=[N-])[C@H](O)[C@@H](O)[C@H](O)C(=O)COP(=O)(O)O. The van der Waals surface area contributed by atoms with Gasteiger partial charge in [0.15, 0.2) is 5.78 Å². The van der Waals surface area contributed by atoms with Crippen molar-refractivity contribution < 1.29 is 39.0 Å². The fourth-order valence-electron chi connectivity index (χ4n) is 1.05. The molecule has 0 aromatic carbocycles. The Bertz CT molecular complexity index is 405. The number of Topliss-reactive ketones (excluding diaryl/α,β-unsaturated/α-hetero) is 1. The molecule has 0 fully saturated rings. The average Bonchev–Trinajstić information content (AvgIpc) is 2.32. The average molecular weight is 299 g/mol. The zero-order chi connectivity index (χ0) is 15.2. The van der Waals surface area contributed by atoms with Crippen molar-refractivity contribution in [3.05, 3.63) is 10.4 Å². The van der Waals surface area contributed by atoms with Gasteiger partial charge < -0.3 is 25.1 Å². The van der Waals surface area contributed by atoms with Crippen molar-refractivity contribution in [2.75, 3.05) is 6.61 Å². The van der Waals surface area contributed by atoms with Crippen LogP contribution in [0.5, 0.6) is 0 Å². The van der Waals surface area contributed by atoms with E-state index in [0.29, 0.717) is 0 Å². The number of hydrogen-bond donors (Lipinski definition) is 5. The zero-order valence-corrected chi connectivity index (χ0v) is 10.7. The summed E-state index contributed by atoms with van der Waals surface area (Å²) < 4.78 is 14.2. The van der Waals surface area contributed by atoms with E-state index < -0.39 is 44.6 Å². The summed E-state index contributed by atoms with van der Waals surface area (Å²) in [6.45, 7) is 0.0854. The van der Waals surface area contributed by atoms with E-state index in [4.69, 9.17) is 15.3 Å². The van der Waals surface area contributed by atoms with Gasteiger partial charge in [0.05, 0.1) is 12.1 Å². The number of azide groups is 1. The van der Waals surface area contributed by atoms with Crippen LogP contribution in [0.25, 0.3) is 10.4 Å². The van der Waals surface area contributed by atoms with Gasteiger partial charge in [-0.05, 0) is 5.53 Å². The van der Waals surface area contributed by atoms with Crippen molar-refractivity contribution >= 4 is 13.6 Å². The molecule has 0 amide bonds. The standard InChI is InChI=1S/C7H14N3O8P/c1-3(9-10-8)5(12)7(14)6(13)4(11)2-18-19(15,16)17/h3,5-7,12-14H,2H2,1H3,(H2,15,16,17)/t3-,5+,6-,7-/m1/s1. The van der Waals surface area contributed by atoms with Crippen LogP contribution in [0.1, 0.15) is 6.92 Å². The maximum absolute atomic E-state index is 11.2. The van der Waals surface area contributed by atoms with Crippen LogP contribution >= 0.6 is 7.82 Å². The molecule has 0 radical (unpaired) electrons. The first-order valence-corrected chi connectivity index (χ1v) is 6.44. The van der Waals surface area contributed by atoms with E-state index in [2.05, 4.69) is 14.5 Å². The van der Waals surface area contributed by atoms with Gasteiger partial charge in [-0.3, -0.25) is 9.32 Å². The number of hydrogen-bond acceptors (Lipinski definition) is 7. The van der Waals surface area contributed by atoms with E-state index >= 15 is 0 Å². The lowest BCUT2D eigenvalue weighted by molar-refractivity contribution is -0.141. The Morgan fingerprint density at radius 2 is 1.89 bits per heavy atom. The Labute approximate surface area is 107 Å². The number of carbonyl (C=O) groups is 1. The minimum atomic E-state index is -4.89. The van der Waals surface area contributed by atoms with Gasteiger partial charge in [0.2, 0.25) is 0 Å². The predicted octanol–water partition coefficient (Wildman–Crippen LogP) is -1.55. The first-order valence-electron chi connectivity index (χ1n) is 4.91. The van der Waals surface area contributed by atoms with Gasteiger partial charge in [-0.2, -0.15) is 0 Å². The molecule has 0 aromatic heterocycles. The van der Waals surface area contributed by atoms with Gasteiger partial charge in [-0.15, -0.1) is 0 Å². The normalized spacial score (nSPS) is 18.0. The largest absolute Gasteiger partial charge is 0.470 e. The number of aliphatic hydroxyl groups is 3. The molecular weight excluding hydrogens is 285 g/mol. The van der Waals surface area contributed by atoms with Crippen LogP contribution in [0.2, 0.25) is 0 Å². The molecule has 4 atom stereocenters. The quantitative estimate of drug-likeness (QED) is 0.154. The number of phosphoric acid groups is 1. The summed E-state index contributed by atoms with van der Waals surface area (Å²) in [7, 11) is -4.89. The molecule has 0 spiro atoms. The van der Waals surface area contributed by atoms with E-state index in [1.54, 1.807) is 0 Å². The smallest absolute Gasteiger partial charge is 0.390 e. The Balaban J connectivity index is 4.54. The lowest BCUT2D eigenvalue weighted by Gasteiger charge is -2.24. The van der Waals surface area contributed by atoms with Gasteiger partial charge in [-0.25, -0.2) is 4.57 Å². The van der Waals surface area contributed by atoms with Gasteiger partial charge in [0.1, 0.15) is 18.8 Å². The molecule has 5 N–H and O–H groups in total. The lowest BCUT2D eigenvalue weighted by atomic mass is 10.0. The summed E-state index contributed by atoms with van der Waals surface area (Å²) in [5.41, 5.74) is 8.12. The van der Waals surface area contributed by atoms with E-state index in [0.717, 1.165) is 0 Å². The van der Waals surface area contributed by atoms with Crippen molar-refractivity contribution in [1.29, 1.82) is 0 Å². The van der Waals surface area contributed by atoms with E-state index in [-0.39, 0.29) is 0 Å². The topological polar surface area (TPSA) is 193 Å². The van der Waals surface area contributed by atoms with E-state index in [1.165, 1.54) is 6.92 Å². The Kier molecular flexibility index (Phi) is 7.12. The number of nitrogens with zero attached hydrogens (tertiary/aromatic N) is 3. The molecule has 11 nitrogen and oxygen atoms in total. The number of aliphatic hydroxyl groups excluding tert-OH is 3. The molecule has 12 heteroatoms. The molecule has 0 bridgehead atoms. The molecule has 0 saturated heterocycles. The molecule has 110 valence electrons.